The van der Waals surface area contributed by atoms with Crippen molar-refractivity contribution in [3.05, 3.63) is 0 Å². The van der Waals surface area contributed by atoms with Crippen LogP contribution in [0.15, 0.2) is 0 Å². The minimum atomic E-state index is -2.93. The third kappa shape index (κ3) is 4.20. The first-order valence-electron chi connectivity index (χ1n) is 6.54. The summed E-state index contributed by atoms with van der Waals surface area (Å²) in [6.45, 7) is 1.52. The van der Waals surface area contributed by atoms with Gasteiger partial charge in [-0.15, -0.1) is 0 Å². The van der Waals surface area contributed by atoms with Crippen molar-refractivity contribution in [3.8, 4) is 24.1 Å². The van der Waals surface area contributed by atoms with E-state index in [4.69, 9.17) is 4.11 Å². The molecule has 0 spiro atoms. The van der Waals surface area contributed by atoms with Crippen molar-refractivity contribution < 1.29 is 23.2 Å². The third-order valence-corrected chi connectivity index (χ3v) is 1.81. The quantitative estimate of drug-likeness (QED) is 0.427. The van der Waals surface area contributed by atoms with Gasteiger partial charge in [0.15, 0.2) is 5.41 Å². The van der Waals surface area contributed by atoms with Gasteiger partial charge in [-0.2, -0.15) is 0 Å². The van der Waals surface area contributed by atoms with Gasteiger partial charge >= 0.3 is 11.9 Å². The van der Waals surface area contributed by atoms with Crippen LogP contribution in [0.2, 0.25) is 0 Å². The molecule has 0 aromatic rings. The molecule has 0 rings (SSSR count). The van der Waals surface area contributed by atoms with Crippen LogP contribution < -0.4 is 0 Å². The van der Waals surface area contributed by atoms with Crippen LogP contribution in [0.5, 0.6) is 0 Å². The fraction of sp³-hybridized carbons (Fsp3) is 0.538. The van der Waals surface area contributed by atoms with E-state index in [9.17, 15) is 9.59 Å². The van der Waals surface area contributed by atoms with Gasteiger partial charge in [0.05, 0.1) is 0 Å². The van der Waals surface area contributed by atoms with Crippen molar-refractivity contribution in [2.75, 3.05) is 0 Å². The zero-order chi connectivity index (χ0) is 15.8. The molecular weight excluding hydrogens is 220 g/mol. The van der Waals surface area contributed by atoms with Gasteiger partial charge in [-0.05, 0) is 13.3 Å². The number of rotatable bonds is 4. The summed E-state index contributed by atoms with van der Waals surface area (Å²) in [4.78, 5) is 24.1. The van der Waals surface area contributed by atoms with E-state index in [1.165, 1.54) is 13.8 Å². The van der Waals surface area contributed by atoms with E-state index < -0.39 is 24.2 Å². The summed E-state index contributed by atoms with van der Waals surface area (Å²) in [7, 11) is 0. The van der Waals surface area contributed by atoms with Crippen LogP contribution in [-0.4, -0.2) is 11.9 Å². The molecule has 0 saturated carbocycles. The molecule has 17 heavy (non-hydrogen) atoms. The zero-order valence-corrected chi connectivity index (χ0v) is 10.0. The van der Waals surface area contributed by atoms with E-state index in [-0.39, 0.29) is 12.8 Å². The third-order valence-electron chi connectivity index (χ3n) is 1.81. The summed E-state index contributed by atoms with van der Waals surface area (Å²) in [5, 5.41) is 0. The van der Waals surface area contributed by atoms with Crippen LogP contribution >= 0.6 is 0 Å². The van der Waals surface area contributed by atoms with Crippen LogP contribution in [0, 0.1) is 29.5 Å². The molecule has 0 bridgehead atoms. The molecule has 0 atom stereocenters. The lowest BCUT2D eigenvalue weighted by atomic mass is 9.86. The molecule has 0 radical (unpaired) electrons. The monoisotopic (exact) mass is 239 g/mol. The Kier molecular flexibility index (Phi) is 4.42. The topological polar surface area (TPSA) is 52.6 Å². The summed E-state index contributed by atoms with van der Waals surface area (Å²) >= 11 is 0. The van der Waals surface area contributed by atoms with Gasteiger partial charge in [-0.3, -0.25) is 0 Å². The number of carbonyl (C=O) groups is 2. The Morgan fingerprint density at radius 1 is 1.18 bits per heavy atom. The number of hydrogen-bond acceptors (Lipinski definition) is 4. The van der Waals surface area contributed by atoms with Gasteiger partial charge in [0, 0.05) is 18.0 Å². The number of carbonyl (C=O) groups excluding carboxylic acids is 2. The summed E-state index contributed by atoms with van der Waals surface area (Å²) in [5.74, 6) is 2.07. The average molecular weight is 239 g/mol. The zero-order valence-electron chi connectivity index (χ0n) is 13.0. The van der Waals surface area contributed by atoms with Crippen molar-refractivity contribution in [2.45, 2.75) is 40.5 Å². The molecule has 0 N–H and O–H groups in total. The number of hydrogen-bond donors (Lipinski definition) is 0. The second kappa shape index (κ2) is 7.35. The van der Waals surface area contributed by atoms with E-state index in [1.54, 1.807) is 6.92 Å². The minimum absolute atomic E-state index is 0.252. The molecule has 4 heteroatoms. The lowest BCUT2D eigenvalue weighted by Crippen LogP contribution is -2.38. The fourth-order valence-electron chi connectivity index (χ4n) is 1.03. The van der Waals surface area contributed by atoms with Crippen molar-refractivity contribution in [2.24, 2.45) is 5.41 Å². The van der Waals surface area contributed by atoms with E-state index in [0.29, 0.717) is 0 Å². The normalized spacial score (nSPS) is 12.5. The highest BCUT2D eigenvalue weighted by Gasteiger charge is 2.43. The summed E-state index contributed by atoms with van der Waals surface area (Å²) in [5.41, 5.74) is -2.42. The molecule has 0 heterocycles. The van der Waals surface area contributed by atoms with Gasteiger partial charge in [0.1, 0.15) is 12.2 Å². The average Bonchev–Trinajstić information content (AvgIpc) is 2.37. The second-order valence-corrected chi connectivity index (χ2v) is 3.14. The Labute approximate surface area is 106 Å². The highest BCUT2D eigenvalue weighted by Crippen LogP contribution is 2.26. The lowest BCUT2D eigenvalue weighted by Gasteiger charge is -2.21. The van der Waals surface area contributed by atoms with Gasteiger partial charge in [0.2, 0.25) is 0 Å². The Hall–Kier alpha value is -1.94. The van der Waals surface area contributed by atoms with Gasteiger partial charge < -0.3 is 9.47 Å². The predicted molar refractivity (Wildman–Crippen MR) is 62.1 cm³/mol. The Morgan fingerprint density at radius 2 is 1.65 bits per heavy atom. The summed E-state index contributed by atoms with van der Waals surface area (Å²) in [6, 6.07) is 0. The maximum Gasteiger partial charge on any atom is 0.337 e. The van der Waals surface area contributed by atoms with Gasteiger partial charge in [-0.1, -0.05) is 25.2 Å². The van der Waals surface area contributed by atoms with Crippen molar-refractivity contribution in [3.63, 3.8) is 0 Å². The van der Waals surface area contributed by atoms with Crippen molar-refractivity contribution in [1.29, 1.82) is 0 Å². The molecule has 0 unspecified atom stereocenters. The lowest BCUT2D eigenvalue weighted by molar-refractivity contribution is -0.163. The van der Waals surface area contributed by atoms with Crippen LogP contribution in [0.25, 0.3) is 0 Å². The van der Waals surface area contributed by atoms with Crippen LogP contribution in [0.3, 0.4) is 0 Å². The predicted octanol–water partition coefficient (Wildman–Crippen LogP) is 1.84. The molecule has 0 aliphatic carbocycles. The largest absolute Gasteiger partial charge is 0.371 e. The first-order valence-corrected chi connectivity index (χ1v) is 5.04. The smallest absolute Gasteiger partial charge is 0.337 e. The molecule has 0 amide bonds. The van der Waals surface area contributed by atoms with E-state index >= 15 is 0 Å². The molecule has 0 aromatic heterocycles. The molecule has 4 nitrogen and oxygen atoms in total. The van der Waals surface area contributed by atoms with E-state index in [1.807, 2.05) is 12.2 Å². The maximum absolute atomic E-state index is 12.0. The minimum Gasteiger partial charge on any atom is -0.371 e. The molecular formula is C13H16O4. The number of ether oxygens (including phenoxy) is 2. The van der Waals surface area contributed by atoms with Crippen LogP contribution in [0.4, 0.5) is 0 Å². The van der Waals surface area contributed by atoms with E-state index in [2.05, 4.69) is 21.3 Å². The first kappa shape index (κ1) is 10.2. The summed E-state index contributed by atoms with van der Waals surface area (Å²) in [6.07, 6.45) is 4.02. The number of esters is 2. The molecule has 0 aliphatic rings. The molecule has 0 fully saturated rings. The highest BCUT2D eigenvalue weighted by molar-refractivity contribution is 6.00. The fourth-order valence-corrected chi connectivity index (χ4v) is 1.03. The van der Waals surface area contributed by atoms with Crippen molar-refractivity contribution >= 4 is 11.9 Å². The molecule has 92 valence electrons. The Bertz CT molecular complexity index is 452. The Balaban J connectivity index is 5.78. The van der Waals surface area contributed by atoms with Crippen LogP contribution in [-0.2, 0) is 19.1 Å². The first-order chi connectivity index (χ1) is 9.27. The van der Waals surface area contributed by atoms with Gasteiger partial charge in [-0.25, -0.2) is 9.59 Å². The molecule has 0 saturated heterocycles. The summed E-state index contributed by atoms with van der Waals surface area (Å²) < 4.78 is 31.6. The van der Waals surface area contributed by atoms with Crippen molar-refractivity contribution in [1.82, 2.24) is 0 Å². The SMILES string of the molecule is [2H]C([2H])([2H])C(CCC)(C(=O)OC#CC)C(=O)OC#CC. The van der Waals surface area contributed by atoms with E-state index in [0.717, 1.165) is 0 Å². The molecule has 0 aliphatic heterocycles. The standard InChI is InChI=1S/C13H16O4/c1-5-8-13(4,11(14)16-9-6-2)12(15)17-10-7-3/h5,8H2,1-4H3/i4D3. The maximum atomic E-state index is 12.0. The second-order valence-electron chi connectivity index (χ2n) is 3.14. The highest BCUT2D eigenvalue weighted by atomic mass is 16.5. The molecule has 0 aromatic carbocycles. The van der Waals surface area contributed by atoms with Crippen LogP contribution in [0.1, 0.15) is 44.6 Å². The van der Waals surface area contributed by atoms with Gasteiger partial charge in [0.25, 0.3) is 0 Å². The Morgan fingerprint density at radius 3 is 1.94 bits per heavy atom.